The van der Waals surface area contributed by atoms with E-state index in [2.05, 4.69) is 4.74 Å². The van der Waals surface area contributed by atoms with Gasteiger partial charge in [0.1, 0.15) is 16.4 Å². The number of rotatable bonds is 7. The summed E-state index contributed by atoms with van der Waals surface area (Å²) in [5.74, 6) is -1.58. The van der Waals surface area contributed by atoms with E-state index in [0.717, 1.165) is 23.4 Å². The third kappa shape index (κ3) is 5.37. The van der Waals surface area contributed by atoms with Crippen molar-refractivity contribution in [2.45, 2.75) is 31.7 Å². The summed E-state index contributed by atoms with van der Waals surface area (Å²) in [4.78, 5) is 11.4. The summed E-state index contributed by atoms with van der Waals surface area (Å²) in [6.07, 6.45) is 4.18. The second-order valence-corrected chi connectivity index (χ2v) is 9.31. The molecule has 118 valence electrons. The van der Waals surface area contributed by atoms with E-state index in [1.807, 2.05) is 0 Å². The first-order valence-electron chi connectivity index (χ1n) is 6.40. The molecule has 0 aliphatic heterocycles. The molecule has 0 aromatic rings. The minimum Gasteiger partial charge on any atom is -0.468 e. The number of carbonyl (C=O) groups excluding carboxylic acids is 1. The van der Waals surface area contributed by atoms with E-state index in [1.54, 1.807) is 0 Å². The molecule has 0 saturated heterocycles. The van der Waals surface area contributed by atoms with Gasteiger partial charge in [0.15, 0.2) is 0 Å². The maximum absolute atomic E-state index is 12.3. The van der Waals surface area contributed by atoms with Crippen LogP contribution in [0.3, 0.4) is 0 Å². The number of carbonyl (C=O) groups is 1. The molecule has 0 unspecified atom stereocenters. The molecule has 0 atom stereocenters. The standard InChI is InChI=1S/C11H21NO6S2/c1-18-11(13)9-12(10-5-3-4-6-10)20(16,17)8-7-19(2,14)15/h10H,3-9H2,1-2H3. The molecular weight excluding hydrogens is 306 g/mol. The Hall–Kier alpha value is -0.670. The maximum atomic E-state index is 12.3. The van der Waals surface area contributed by atoms with Crippen LogP contribution >= 0.6 is 0 Å². The molecule has 1 fully saturated rings. The number of methoxy groups -OCH3 is 1. The summed E-state index contributed by atoms with van der Waals surface area (Å²) in [6, 6.07) is -0.237. The molecule has 0 bridgehead atoms. The molecule has 7 nitrogen and oxygen atoms in total. The van der Waals surface area contributed by atoms with Crippen LogP contribution in [-0.4, -0.2) is 64.6 Å². The Balaban J connectivity index is 2.87. The summed E-state index contributed by atoms with van der Waals surface area (Å²) < 4.78 is 52.4. The molecule has 0 radical (unpaired) electrons. The summed E-state index contributed by atoms with van der Waals surface area (Å²) in [5, 5.41) is 0. The minimum absolute atomic E-state index is 0.237. The molecule has 0 amide bonds. The van der Waals surface area contributed by atoms with Gasteiger partial charge in [-0.1, -0.05) is 12.8 Å². The van der Waals surface area contributed by atoms with Crippen molar-refractivity contribution in [1.82, 2.24) is 4.31 Å². The number of sulfonamides is 1. The molecule has 1 rings (SSSR count). The van der Waals surface area contributed by atoms with Crippen LogP contribution < -0.4 is 0 Å². The molecule has 0 N–H and O–H groups in total. The maximum Gasteiger partial charge on any atom is 0.321 e. The Morgan fingerprint density at radius 1 is 1.15 bits per heavy atom. The summed E-state index contributed by atoms with van der Waals surface area (Å²) >= 11 is 0. The van der Waals surface area contributed by atoms with Gasteiger partial charge in [-0.05, 0) is 12.8 Å². The zero-order valence-electron chi connectivity index (χ0n) is 11.7. The summed E-state index contributed by atoms with van der Waals surface area (Å²) in [6.45, 7) is -0.354. The molecule has 1 saturated carbocycles. The van der Waals surface area contributed by atoms with Crippen molar-refractivity contribution in [3.05, 3.63) is 0 Å². The Labute approximate surface area is 120 Å². The molecule has 1 aliphatic carbocycles. The van der Waals surface area contributed by atoms with Gasteiger partial charge in [0.05, 0.1) is 18.6 Å². The number of nitrogens with zero attached hydrogens (tertiary/aromatic N) is 1. The molecule has 0 heterocycles. The van der Waals surface area contributed by atoms with Crippen molar-refractivity contribution >= 4 is 25.8 Å². The highest BCUT2D eigenvalue weighted by Crippen LogP contribution is 2.25. The van der Waals surface area contributed by atoms with Crippen LogP contribution in [0.25, 0.3) is 0 Å². The normalized spacial score (nSPS) is 17.6. The van der Waals surface area contributed by atoms with Gasteiger partial charge in [-0.25, -0.2) is 16.8 Å². The predicted octanol–water partition coefficient (Wildman–Crippen LogP) is -0.222. The Morgan fingerprint density at radius 3 is 2.15 bits per heavy atom. The number of esters is 1. The topological polar surface area (TPSA) is 97.8 Å². The van der Waals surface area contributed by atoms with Crippen molar-refractivity contribution < 1.29 is 26.4 Å². The van der Waals surface area contributed by atoms with Crippen LogP contribution in [0.4, 0.5) is 0 Å². The Kier molecular flexibility index (Phi) is 5.96. The van der Waals surface area contributed by atoms with Gasteiger partial charge in [0, 0.05) is 12.3 Å². The number of sulfone groups is 1. The fourth-order valence-electron chi connectivity index (χ4n) is 2.21. The van der Waals surface area contributed by atoms with E-state index in [0.29, 0.717) is 12.8 Å². The second-order valence-electron chi connectivity index (χ2n) is 5.01. The molecule has 0 aromatic heterocycles. The van der Waals surface area contributed by atoms with E-state index in [-0.39, 0.29) is 12.6 Å². The zero-order chi connectivity index (χ0) is 15.4. The van der Waals surface area contributed by atoms with Gasteiger partial charge < -0.3 is 4.74 Å². The van der Waals surface area contributed by atoms with Crippen molar-refractivity contribution in [3.8, 4) is 0 Å². The van der Waals surface area contributed by atoms with Gasteiger partial charge >= 0.3 is 5.97 Å². The first-order valence-corrected chi connectivity index (χ1v) is 10.1. The van der Waals surface area contributed by atoms with Crippen LogP contribution in [0.5, 0.6) is 0 Å². The van der Waals surface area contributed by atoms with E-state index >= 15 is 0 Å². The first kappa shape index (κ1) is 17.4. The summed E-state index contributed by atoms with van der Waals surface area (Å²) in [7, 11) is -5.97. The minimum atomic E-state index is -3.79. The van der Waals surface area contributed by atoms with Crippen LogP contribution in [0, 0.1) is 0 Å². The largest absolute Gasteiger partial charge is 0.468 e. The molecule has 20 heavy (non-hydrogen) atoms. The van der Waals surface area contributed by atoms with Crippen LogP contribution in [0.2, 0.25) is 0 Å². The highest BCUT2D eigenvalue weighted by atomic mass is 32.2. The first-order chi connectivity index (χ1) is 9.15. The quantitative estimate of drug-likeness (QED) is 0.600. The number of hydrogen-bond donors (Lipinski definition) is 0. The monoisotopic (exact) mass is 327 g/mol. The van der Waals surface area contributed by atoms with Gasteiger partial charge in [0.2, 0.25) is 10.0 Å². The molecular formula is C11H21NO6S2. The third-order valence-corrected chi connectivity index (χ3v) is 6.38. The SMILES string of the molecule is COC(=O)CN(C1CCCC1)S(=O)(=O)CCS(C)(=O)=O. The van der Waals surface area contributed by atoms with Gasteiger partial charge in [-0.3, -0.25) is 4.79 Å². The molecule has 1 aliphatic rings. The van der Waals surface area contributed by atoms with Crippen molar-refractivity contribution in [1.29, 1.82) is 0 Å². The van der Waals surface area contributed by atoms with Crippen LogP contribution in [-0.2, 0) is 29.4 Å². The highest BCUT2D eigenvalue weighted by Gasteiger charge is 2.34. The number of ether oxygens (including phenoxy) is 1. The van der Waals surface area contributed by atoms with E-state index < -0.39 is 37.3 Å². The second kappa shape index (κ2) is 6.86. The van der Waals surface area contributed by atoms with Gasteiger partial charge in [-0.15, -0.1) is 0 Å². The average Bonchev–Trinajstić information content (AvgIpc) is 2.85. The lowest BCUT2D eigenvalue weighted by atomic mass is 10.2. The van der Waals surface area contributed by atoms with Crippen LogP contribution in [0.15, 0.2) is 0 Å². The molecule has 0 aromatic carbocycles. The zero-order valence-corrected chi connectivity index (χ0v) is 13.4. The lowest BCUT2D eigenvalue weighted by Gasteiger charge is -2.26. The van der Waals surface area contributed by atoms with Gasteiger partial charge in [-0.2, -0.15) is 4.31 Å². The van der Waals surface area contributed by atoms with Gasteiger partial charge in [0.25, 0.3) is 0 Å². The smallest absolute Gasteiger partial charge is 0.321 e. The Bertz CT molecular complexity index is 533. The molecule has 9 heteroatoms. The van der Waals surface area contributed by atoms with Crippen molar-refractivity contribution in [2.75, 3.05) is 31.4 Å². The average molecular weight is 327 g/mol. The highest BCUT2D eigenvalue weighted by molar-refractivity contribution is 7.93. The van der Waals surface area contributed by atoms with Crippen molar-refractivity contribution in [2.24, 2.45) is 0 Å². The lowest BCUT2D eigenvalue weighted by molar-refractivity contribution is -0.141. The number of hydrogen-bond acceptors (Lipinski definition) is 6. The van der Waals surface area contributed by atoms with Crippen LogP contribution in [0.1, 0.15) is 25.7 Å². The van der Waals surface area contributed by atoms with Crippen molar-refractivity contribution in [3.63, 3.8) is 0 Å². The summed E-state index contributed by atoms with van der Waals surface area (Å²) in [5.41, 5.74) is 0. The Morgan fingerprint density at radius 2 is 1.70 bits per heavy atom. The fourth-order valence-corrected chi connectivity index (χ4v) is 5.47. The predicted molar refractivity (Wildman–Crippen MR) is 74.5 cm³/mol. The molecule has 0 spiro atoms. The van der Waals surface area contributed by atoms with E-state index in [4.69, 9.17) is 0 Å². The van der Waals surface area contributed by atoms with E-state index in [1.165, 1.54) is 7.11 Å². The third-order valence-electron chi connectivity index (χ3n) is 3.31. The lowest BCUT2D eigenvalue weighted by Crippen LogP contribution is -2.44. The van der Waals surface area contributed by atoms with E-state index in [9.17, 15) is 21.6 Å². The fraction of sp³-hybridized carbons (Fsp3) is 0.909.